The topological polar surface area (TPSA) is 3.24 Å². The first-order valence-electron chi connectivity index (χ1n) is 7.31. The van der Waals surface area contributed by atoms with Gasteiger partial charge >= 0.3 is 0 Å². The average molecular weight is 261 g/mol. The Balaban J connectivity index is 1.64. The normalized spacial score (nSPS) is 24.4. The third-order valence-corrected chi connectivity index (χ3v) is 5.39. The molecule has 1 aromatic heterocycles. The van der Waals surface area contributed by atoms with E-state index in [1.807, 2.05) is 11.3 Å². The quantitative estimate of drug-likeness (QED) is 0.771. The monoisotopic (exact) mass is 261 g/mol. The second-order valence-corrected chi connectivity index (χ2v) is 6.82. The lowest BCUT2D eigenvalue weighted by Gasteiger charge is -2.29. The molecule has 1 aromatic rings. The van der Waals surface area contributed by atoms with Crippen LogP contribution in [0.25, 0.3) is 5.57 Å². The second kappa shape index (κ2) is 5.58. The summed E-state index contributed by atoms with van der Waals surface area (Å²) in [6.45, 7) is 6.13. The summed E-state index contributed by atoms with van der Waals surface area (Å²) >= 11 is 1.94. The summed E-state index contributed by atoms with van der Waals surface area (Å²) < 4.78 is 0. The highest BCUT2D eigenvalue weighted by atomic mass is 32.1. The van der Waals surface area contributed by atoms with Crippen LogP contribution in [0.3, 0.4) is 0 Å². The molecule has 1 aliphatic heterocycles. The predicted octanol–water partition coefficient (Wildman–Crippen LogP) is 4.20. The Bertz CT molecular complexity index is 424. The van der Waals surface area contributed by atoms with Crippen LogP contribution in [0.4, 0.5) is 0 Å². The number of hydrogen-bond donors (Lipinski definition) is 0. The minimum Gasteiger partial charge on any atom is -0.300 e. The van der Waals surface area contributed by atoms with E-state index in [0.29, 0.717) is 0 Å². The Morgan fingerprint density at radius 2 is 2.17 bits per heavy atom. The molecule has 0 atom stereocenters. The fourth-order valence-electron chi connectivity index (χ4n) is 3.09. The summed E-state index contributed by atoms with van der Waals surface area (Å²) in [7, 11) is 0. The molecule has 1 aliphatic carbocycles. The third-order valence-electron chi connectivity index (χ3n) is 4.41. The fraction of sp³-hybridized carbons (Fsp3) is 0.625. The van der Waals surface area contributed by atoms with Crippen LogP contribution in [0.15, 0.2) is 17.5 Å². The lowest BCUT2D eigenvalue weighted by atomic mass is 9.93. The lowest BCUT2D eigenvalue weighted by molar-refractivity contribution is 0.210. The van der Waals surface area contributed by atoms with E-state index in [-0.39, 0.29) is 0 Å². The van der Waals surface area contributed by atoms with Crippen LogP contribution in [0.5, 0.6) is 0 Å². The third kappa shape index (κ3) is 2.70. The molecule has 0 bridgehead atoms. The molecule has 2 heterocycles. The summed E-state index contributed by atoms with van der Waals surface area (Å²) in [6.07, 6.45) is 9.19. The van der Waals surface area contributed by atoms with E-state index in [1.165, 1.54) is 45.2 Å². The maximum absolute atomic E-state index is 2.62. The minimum absolute atomic E-state index is 0.937. The summed E-state index contributed by atoms with van der Waals surface area (Å²) in [5.41, 5.74) is 3.16. The van der Waals surface area contributed by atoms with E-state index >= 15 is 0 Å². The lowest BCUT2D eigenvalue weighted by Crippen LogP contribution is -2.33. The summed E-state index contributed by atoms with van der Waals surface area (Å²) in [4.78, 5) is 4.23. The second-order valence-electron chi connectivity index (χ2n) is 5.82. The van der Waals surface area contributed by atoms with Crippen molar-refractivity contribution in [2.24, 2.45) is 5.92 Å². The van der Waals surface area contributed by atoms with Crippen LogP contribution >= 0.6 is 11.3 Å². The zero-order chi connectivity index (χ0) is 12.4. The summed E-state index contributed by atoms with van der Waals surface area (Å²) in [5, 5.41) is 2.26. The first-order valence-corrected chi connectivity index (χ1v) is 8.19. The predicted molar refractivity (Wildman–Crippen MR) is 80.1 cm³/mol. The molecule has 1 nitrogen and oxygen atoms in total. The molecule has 2 aliphatic rings. The highest BCUT2D eigenvalue weighted by Gasteiger charge is 2.17. The number of allylic oxidation sites excluding steroid dienone is 1. The van der Waals surface area contributed by atoms with Gasteiger partial charge in [0.25, 0.3) is 0 Å². The molecule has 3 rings (SSSR count). The van der Waals surface area contributed by atoms with Crippen LogP contribution in [0.2, 0.25) is 0 Å². The van der Waals surface area contributed by atoms with Crippen LogP contribution in [-0.4, -0.2) is 24.5 Å². The van der Waals surface area contributed by atoms with Crippen molar-refractivity contribution in [3.8, 4) is 0 Å². The first kappa shape index (κ1) is 12.4. The molecule has 0 unspecified atom stereocenters. The van der Waals surface area contributed by atoms with Crippen molar-refractivity contribution in [2.75, 3.05) is 19.6 Å². The Labute approximate surface area is 115 Å². The van der Waals surface area contributed by atoms with E-state index in [4.69, 9.17) is 0 Å². The molecule has 0 saturated carbocycles. The molecule has 0 amide bonds. The van der Waals surface area contributed by atoms with Crippen molar-refractivity contribution in [1.29, 1.82) is 0 Å². The molecular weight excluding hydrogens is 238 g/mol. The van der Waals surface area contributed by atoms with E-state index in [1.54, 1.807) is 16.0 Å². The molecule has 98 valence electrons. The van der Waals surface area contributed by atoms with Crippen LogP contribution in [0.1, 0.15) is 43.0 Å². The van der Waals surface area contributed by atoms with Gasteiger partial charge in [-0.3, -0.25) is 4.90 Å². The van der Waals surface area contributed by atoms with Crippen molar-refractivity contribution < 1.29 is 0 Å². The van der Waals surface area contributed by atoms with Gasteiger partial charge in [-0.1, -0.05) is 13.0 Å². The van der Waals surface area contributed by atoms with Crippen molar-refractivity contribution in [3.63, 3.8) is 0 Å². The average Bonchev–Trinajstić information content (AvgIpc) is 2.87. The number of thiophene rings is 1. The molecule has 0 aromatic carbocycles. The number of piperidine rings is 1. The first-order chi connectivity index (χ1) is 8.83. The molecule has 1 fully saturated rings. The molecule has 0 spiro atoms. The Hall–Kier alpha value is -0.600. The van der Waals surface area contributed by atoms with E-state index in [2.05, 4.69) is 29.3 Å². The van der Waals surface area contributed by atoms with Crippen molar-refractivity contribution in [3.05, 3.63) is 28.0 Å². The fourth-order valence-corrected chi connectivity index (χ4v) is 4.05. The van der Waals surface area contributed by atoms with Crippen molar-refractivity contribution >= 4 is 16.9 Å². The number of fused-ring (bicyclic) bond motifs is 1. The Morgan fingerprint density at radius 1 is 1.33 bits per heavy atom. The summed E-state index contributed by atoms with van der Waals surface area (Å²) in [6, 6.07) is 2.32. The van der Waals surface area contributed by atoms with E-state index < -0.39 is 0 Å². The largest absolute Gasteiger partial charge is 0.300 e. The van der Waals surface area contributed by atoms with Gasteiger partial charge in [-0.15, -0.1) is 11.3 Å². The number of aryl methyl sites for hydroxylation is 1. The molecular formula is C16H23NS. The van der Waals surface area contributed by atoms with Gasteiger partial charge < -0.3 is 0 Å². The number of rotatable bonds is 2. The van der Waals surface area contributed by atoms with Gasteiger partial charge in [-0.2, -0.15) is 0 Å². The van der Waals surface area contributed by atoms with Gasteiger partial charge in [0.05, 0.1) is 0 Å². The van der Waals surface area contributed by atoms with Gasteiger partial charge in [0.1, 0.15) is 0 Å². The smallest absolute Gasteiger partial charge is 0.0169 e. The molecule has 2 heteroatoms. The highest BCUT2D eigenvalue weighted by molar-refractivity contribution is 7.10. The molecule has 0 N–H and O–H groups in total. The minimum atomic E-state index is 0.937. The Morgan fingerprint density at radius 3 is 3.00 bits per heavy atom. The van der Waals surface area contributed by atoms with Gasteiger partial charge in [0.15, 0.2) is 0 Å². The maximum atomic E-state index is 2.62. The molecule has 18 heavy (non-hydrogen) atoms. The Kier molecular flexibility index (Phi) is 3.86. The highest BCUT2D eigenvalue weighted by Crippen LogP contribution is 2.34. The zero-order valence-corrected chi connectivity index (χ0v) is 12.1. The van der Waals surface area contributed by atoms with Crippen molar-refractivity contribution in [1.82, 2.24) is 4.90 Å². The van der Waals surface area contributed by atoms with Crippen LogP contribution < -0.4 is 0 Å². The van der Waals surface area contributed by atoms with Crippen LogP contribution in [0, 0.1) is 5.92 Å². The number of nitrogens with zero attached hydrogens (tertiary/aromatic N) is 1. The van der Waals surface area contributed by atoms with Gasteiger partial charge in [-0.05, 0) is 73.7 Å². The summed E-state index contributed by atoms with van der Waals surface area (Å²) in [5.74, 6) is 0.937. The van der Waals surface area contributed by atoms with Crippen molar-refractivity contribution in [2.45, 2.75) is 39.0 Å². The molecule has 0 radical (unpaired) electrons. The SMILES string of the molecule is CC1CCN(C/C=C2\CCCc3sccc32)CC1. The number of likely N-dealkylation sites (tertiary alicyclic amines) is 1. The maximum Gasteiger partial charge on any atom is 0.0169 e. The molecule has 1 saturated heterocycles. The van der Waals surface area contributed by atoms with Gasteiger partial charge in [0, 0.05) is 11.4 Å². The van der Waals surface area contributed by atoms with Gasteiger partial charge in [-0.25, -0.2) is 0 Å². The van der Waals surface area contributed by atoms with Gasteiger partial charge in [0.2, 0.25) is 0 Å². The van der Waals surface area contributed by atoms with Crippen LogP contribution in [-0.2, 0) is 6.42 Å². The van der Waals surface area contributed by atoms with E-state index in [0.717, 1.165) is 12.5 Å². The standard InChI is InChI=1S/C16H23NS/c1-13-5-9-17(10-6-13)11-7-14-3-2-4-16-15(14)8-12-18-16/h7-8,12-13H,2-6,9-11H2,1H3/b14-7+. The number of hydrogen-bond acceptors (Lipinski definition) is 2. The zero-order valence-electron chi connectivity index (χ0n) is 11.3. The van der Waals surface area contributed by atoms with E-state index in [9.17, 15) is 0 Å².